The van der Waals surface area contributed by atoms with Gasteiger partial charge in [-0.15, -0.1) is 0 Å². The molecule has 1 fully saturated rings. The maximum atomic E-state index is 11.7. The fourth-order valence-corrected chi connectivity index (χ4v) is 2.41. The van der Waals surface area contributed by atoms with E-state index >= 15 is 0 Å². The molecule has 0 unspecified atom stereocenters. The quantitative estimate of drug-likeness (QED) is 0.739. The number of aromatic nitrogens is 1. The van der Waals surface area contributed by atoms with Crippen LogP contribution in [0.3, 0.4) is 0 Å². The number of nitrogens with zero attached hydrogens (tertiary/aromatic N) is 1. The van der Waals surface area contributed by atoms with Crippen LogP contribution in [-0.2, 0) is 11.3 Å². The lowest BCUT2D eigenvalue weighted by atomic mass is 10.2. The van der Waals surface area contributed by atoms with E-state index in [9.17, 15) is 9.59 Å². The number of amides is 3. The first-order chi connectivity index (χ1) is 10.2. The van der Waals surface area contributed by atoms with Gasteiger partial charge in [-0.3, -0.25) is 9.78 Å². The lowest BCUT2D eigenvalue weighted by Crippen LogP contribution is -2.39. The van der Waals surface area contributed by atoms with Crippen molar-refractivity contribution in [1.29, 1.82) is 0 Å². The first-order valence-electron chi connectivity index (χ1n) is 7.44. The van der Waals surface area contributed by atoms with Gasteiger partial charge in [-0.25, -0.2) is 4.79 Å². The Kier molecular flexibility index (Phi) is 5.99. The molecule has 0 bridgehead atoms. The minimum absolute atomic E-state index is 0.00876. The number of carbonyl (C=O) groups excluding carboxylic acids is 2. The van der Waals surface area contributed by atoms with Crippen LogP contribution in [0.4, 0.5) is 4.79 Å². The fourth-order valence-electron chi connectivity index (χ4n) is 2.41. The van der Waals surface area contributed by atoms with Crippen molar-refractivity contribution < 1.29 is 9.59 Å². The highest BCUT2D eigenvalue weighted by atomic mass is 16.2. The predicted molar refractivity (Wildman–Crippen MR) is 79.5 cm³/mol. The van der Waals surface area contributed by atoms with E-state index < -0.39 is 0 Å². The number of hydrogen-bond acceptors (Lipinski definition) is 3. The highest BCUT2D eigenvalue weighted by Gasteiger charge is 2.16. The van der Waals surface area contributed by atoms with E-state index in [1.165, 1.54) is 12.8 Å². The van der Waals surface area contributed by atoms with Crippen molar-refractivity contribution in [3.63, 3.8) is 0 Å². The second-order valence-corrected chi connectivity index (χ2v) is 5.27. The SMILES string of the molecule is O=C(CCNC(=O)NCc1cccnc1)NC1CCCC1. The number of urea groups is 1. The first-order valence-corrected chi connectivity index (χ1v) is 7.44. The molecule has 3 N–H and O–H groups in total. The second kappa shape index (κ2) is 8.24. The van der Waals surface area contributed by atoms with Crippen LogP contribution in [0.2, 0.25) is 0 Å². The zero-order valence-corrected chi connectivity index (χ0v) is 12.1. The molecule has 1 aliphatic carbocycles. The number of carbonyl (C=O) groups is 2. The first kappa shape index (κ1) is 15.3. The van der Waals surface area contributed by atoms with Gasteiger partial charge in [0.15, 0.2) is 0 Å². The molecule has 0 aliphatic heterocycles. The minimum atomic E-state index is -0.271. The maximum absolute atomic E-state index is 11.7. The van der Waals surface area contributed by atoms with Gasteiger partial charge >= 0.3 is 6.03 Å². The summed E-state index contributed by atoms with van der Waals surface area (Å²) in [4.78, 5) is 27.2. The zero-order valence-electron chi connectivity index (χ0n) is 12.1. The fraction of sp³-hybridized carbons (Fsp3) is 0.533. The number of nitrogens with one attached hydrogen (secondary N) is 3. The summed E-state index contributed by atoms with van der Waals surface area (Å²) >= 11 is 0. The highest BCUT2D eigenvalue weighted by molar-refractivity contribution is 5.78. The summed E-state index contributed by atoms with van der Waals surface area (Å²) in [6.45, 7) is 0.769. The van der Waals surface area contributed by atoms with Gasteiger partial charge in [0.2, 0.25) is 5.91 Å². The largest absolute Gasteiger partial charge is 0.353 e. The third kappa shape index (κ3) is 5.81. The van der Waals surface area contributed by atoms with Crippen LogP contribution < -0.4 is 16.0 Å². The van der Waals surface area contributed by atoms with Gasteiger partial charge in [-0.2, -0.15) is 0 Å². The summed E-state index contributed by atoms with van der Waals surface area (Å²) in [5, 5.41) is 8.39. The summed E-state index contributed by atoms with van der Waals surface area (Å²) in [6, 6.07) is 3.77. The number of rotatable bonds is 6. The molecule has 0 radical (unpaired) electrons. The molecule has 1 heterocycles. The summed E-state index contributed by atoms with van der Waals surface area (Å²) in [5.74, 6) is 0.00876. The van der Waals surface area contributed by atoms with Crippen molar-refractivity contribution in [2.75, 3.05) is 6.54 Å². The monoisotopic (exact) mass is 290 g/mol. The van der Waals surface area contributed by atoms with Crippen LogP contribution in [0, 0.1) is 0 Å². The molecule has 0 atom stereocenters. The van der Waals surface area contributed by atoms with E-state index in [1.54, 1.807) is 12.4 Å². The molecular weight excluding hydrogens is 268 g/mol. The predicted octanol–water partition coefficient (Wildman–Crippen LogP) is 1.33. The van der Waals surface area contributed by atoms with Crippen molar-refractivity contribution in [2.24, 2.45) is 0 Å². The van der Waals surface area contributed by atoms with Crippen molar-refractivity contribution in [2.45, 2.75) is 44.7 Å². The van der Waals surface area contributed by atoms with Gasteiger partial charge in [-0.1, -0.05) is 18.9 Å². The Labute approximate surface area is 124 Å². The van der Waals surface area contributed by atoms with Crippen LogP contribution in [0.25, 0.3) is 0 Å². The molecule has 0 aromatic carbocycles. The molecule has 114 valence electrons. The van der Waals surface area contributed by atoms with E-state index in [0.29, 0.717) is 25.6 Å². The Balaban J connectivity index is 1.55. The van der Waals surface area contributed by atoms with Crippen molar-refractivity contribution in [3.05, 3.63) is 30.1 Å². The number of hydrogen-bond donors (Lipinski definition) is 3. The molecule has 6 heteroatoms. The molecule has 2 rings (SSSR count). The second-order valence-electron chi connectivity index (χ2n) is 5.27. The van der Waals surface area contributed by atoms with Crippen molar-refractivity contribution in [1.82, 2.24) is 20.9 Å². The Morgan fingerprint density at radius 2 is 2.05 bits per heavy atom. The molecule has 3 amide bonds. The van der Waals surface area contributed by atoms with Gasteiger partial charge in [0.1, 0.15) is 0 Å². The highest BCUT2D eigenvalue weighted by Crippen LogP contribution is 2.17. The lowest BCUT2D eigenvalue weighted by molar-refractivity contribution is -0.121. The van der Waals surface area contributed by atoms with Crippen molar-refractivity contribution >= 4 is 11.9 Å². The zero-order chi connectivity index (χ0) is 14.9. The molecule has 1 saturated carbocycles. The molecule has 1 aromatic rings. The minimum Gasteiger partial charge on any atom is -0.353 e. The average Bonchev–Trinajstić information content (AvgIpc) is 2.99. The summed E-state index contributed by atoms with van der Waals surface area (Å²) < 4.78 is 0. The van der Waals surface area contributed by atoms with Gasteiger partial charge < -0.3 is 16.0 Å². The van der Waals surface area contributed by atoms with E-state index in [-0.39, 0.29) is 11.9 Å². The van der Waals surface area contributed by atoms with Crippen LogP contribution in [0.5, 0.6) is 0 Å². The standard InChI is InChI=1S/C15H22N4O2/c20-14(19-13-5-1-2-6-13)7-9-17-15(21)18-11-12-4-3-8-16-10-12/h3-4,8,10,13H,1-2,5-7,9,11H2,(H,19,20)(H2,17,18,21). The molecule has 0 spiro atoms. The van der Waals surface area contributed by atoms with Crippen LogP contribution in [0.1, 0.15) is 37.7 Å². The van der Waals surface area contributed by atoms with Crippen LogP contribution in [0.15, 0.2) is 24.5 Å². The Morgan fingerprint density at radius 1 is 1.24 bits per heavy atom. The molecule has 1 aliphatic rings. The van der Waals surface area contributed by atoms with E-state index in [4.69, 9.17) is 0 Å². The summed E-state index contributed by atoms with van der Waals surface area (Å²) in [5.41, 5.74) is 0.937. The summed E-state index contributed by atoms with van der Waals surface area (Å²) in [7, 11) is 0. The molecule has 21 heavy (non-hydrogen) atoms. The van der Waals surface area contributed by atoms with Gasteiger partial charge in [0.25, 0.3) is 0 Å². The Morgan fingerprint density at radius 3 is 2.76 bits per heavy atom. The molecule has 6 nitrogen and oxygen atoms in total. The van der Waals surface area contributed by atoms with Gasteiger partial charge in [-0.05, 0) is 24.5 Å². The Hall–Kier alpha value is -2.11. The topological polar surface area (TPSA) is 83.1 Å². The van der Waals surface area contributed by atoms with Crippen LogP contribution in [-0.4, -0.2) is 29.5 Å². The van der Waals surface area contributed by atoms with Crippen LogP contribution >= 0.6 is 0 Å². The average molecular weight is 290 g/mol. The maximum Gasteiger partial charge on any atom is 0.315 e. The molecule has 1 aromatic heterocycles. The Bertz CT molecular complexity index is 458. The van der Waals surface area contributed by atoms with Gasteiger partial charge in [0, 0.05) is 37.9 Å². The smallest absolute Gasteiger partial charge is 0.315 e. The van der Waals surface area contributed by atoms with Gasteiger partial charge in [0.05, 0.1) is 0 Å². The third-order valence-electron chi connectivity index (χ3n) is 3.53. The van der Waals surface area contributed by atoms with E-state index in [2.05, 4.69) is 20.9 Å². The van der Waals surface area contributed by atoms with Crippen molar-refractivity contribution in [3.8, 4) is 0 Å². The summed E-state index contributed by atoms with van der Waals surface area (Å²) in [6.07, 6.45) is 8.24. The molecular formula is C15H22N4O2. The third-order valence-corrected chi connectivity index (χ3v) is 3.53. The lowest BCUT2D eigenvalue weighted by Gasteiger charge is -2.12. The van der Waals surface area contributed by atoms with E-state index in [0.717, 1.165) is 18.4 Å². The number of pyridine rings is 1. The molecule has 0 saturated heterocycles. The van der Waals surface area contributed by atoms with E-state index in [1.807, 2.05) is 12.1 Å². The normalized spacial score (nSPS) is 14.7.